The first kappa shape index (κ1) is 58.7. The molecule has 3 unspecified atom stereocenters. The van der Waals surface area contributed by atoms with Crippen LogP contribution in [0.3, 0.4) is 0 Å². The highest BCUT2D eigenvalue weighted by Gasteiger charge is 2.55. The lowest BCUT2D eigenvalue weighted by Gasteiger charge is -2.26. The van der Waals surface area contributed by atoms with Crippen LogP contribution in [0.15, 0.2) is 50.6 Å². The van der Waals surface area contributed by atoms with E-state index in [2.05, 4.69) is 59.8 Å². The van der Waals surface area contributed by atoms with Crippen LogP contribution < -0.4 is 22.9 Å². The average Bonchev–Trinajstić information content (AvgIpc) is 3.04. The molecule has 8 aromatic rings. The second-order valence-corrected chi connectivity index (χ2v) is 23.4. The molecule has 0 aliphatic carbocycles. The third kappa shape index (κ3) is 10.9. The molecule has 456 valence electrons. The normalized spacial score (nSPS) is 32.0. The first-order chi connectivity index (χ1) is 40.5. The average molecular weight is 1250 g/mol. The van der Waals surface area contributed by atoms with E-state index in [-0.39, 0.29) is 67.9 Å². The van der Waals surface area contributed by atoms with Crippen LogP contribution in [0.1, 0.15) is 24.9 Å². The maximum Gasteiger partial charge on any atom is 0.472 e. The van der Waals surface area contributed by atoms with Gasteiger partial charge in [0, 0.05) is 0 Å². The van der Waals surface area contributed by atoms with Gasteiger partial charge in [-0.15, -0.1) is 0 Å². The number of aliphatic hydroxyl groups excluding tert-OH is 6. The highest BCUT2D eigenvalue weighted by atomic mass is 31.2. The number of rotatable bonds is 20. The number of ether oxygens (including phenoxy) is 4. The van der Waals surface area contributed by atoms with Gasteiger partial charge in [-0.25, -0.2) is 73.5 Å². The molecule has 0 radical (unpaired) electrons. The maximum absolute atomic E-state index is 14.2. The lowest BCUT2D eigenvalue weighted by atomic mass is 10.1. The molecule has 17 N–H and O–H groups in total. The number of hydrogen-bond donors (Lipinski definition) is 13. The molecule has 4 saturated heterocycles. The van der Waals surface area contributed by atoms with E-state index in [4.69, 9.17) is 69.0 Å². The molecule has 85 heavy (non-hydrogen) atoms. The lowest BCUT2D eigenvalue weighted by molar-refractivity contribution is -0.0633. The van der Waals surface area contributed by atoms with Crippen LogP contribution in [0.2, 0.25) is 0 Å². The fraction of sp³-hybridized carbons (Fsp3) is 0.500. The van der Waals surface area contributed by atoms with Gasteiger partial charge in [0.2, 0.25) is 0 Å². The van der Waals surface area contributed by atoms with Crippen LogP contribution in [-0.4, -0.2) is 223 Å². The Morgan fingerprint density at radius 2 is 0.671 bits per heavy atom. The molecule has 0 bridgehead atoms. The summed E-state index contributed by atoms with van der Waals surface area (Å²) in [7, 11) is -16.6. The highest BCUT2D eigenvalue weighted by Crippen LogP contribution is 2.54. The number of phosphoric acid groups is 3. The van der Waals surface area contributed by atoms with E-state index in [9.17, 15) is 59.0 Å². The van der Waals surface area contributed by atoms with Gasteiger partial charge >= 0.3 is 23.5 Å². The van der Waals surface area contributed by atoms with Gasteiger partial charge in [-0.05, 0) is 0 Å². The number of anilines is 4. The lowest BCUT2D eigenvalue weighted by Crippen LogP contribution is -2.38. The zero-order valence-electron chi connectivity index (χ0n) is 42.8. The van der Waals surface area contributed by atoms with Crippen molar-refractivity contribution in [3.8, 4) is 0 Å². The van der Waals surface area contributed by atoms with Crippen LogP contribution in [0.4, 0.5) is 23.3 Å². The van der Waals surface area contributed by atoms with Gasteiger partial charge in [0.05, 0.1) is 51.7 Å². The van der Waals surface area contributed by atoms with Crippen molar-refractivity contribution in [2.45, 2.75) is 98.2 Å². The molecule has 45 heteroatoms. The second kappa shape index (κ2) is 22.6. The molecule has 4 aliphatic rings. The van der Waals surface area contributed by atoms with Crippen molar-refractivity contribution >= 4 is 91.4 Å². The largest absolute Gasteiger partial charge is 0.472 e. The Hall–Kier alpha value is -6.67. The molecule has 42 nitrogen and oxygen atoms in total. The van der Waals surface area contributed by atoms with Crippen molar-refractivity contribution in [1.29, 1.82) is 0 Å². The molecule has 0 aromatic carbocycles. The SMILES string of the molecule is Nc1ncnc2c1ncn2[C@@H]1O[C@H](COP(=O)(O)O[C@H]2[C@@H](O)[C@H](n3cnc4c(N)ncnc43)O[C@@H]2COP(=O)(O)O[C@H]2[C@@H](O)[C@H](n3cnc4c(N)ncnc43)O[C@@H]2COP(=O)(O)O[C@H]2[C@@H](O)[C@H](n3cnc4c(N)ncnc43)O[C@@H]2CO)[C@@H](O)[C@H]1O. The van der Waals surface area contributed by atoms with Crippen molar-refractivity contribution < 1.29 is 105 Å². The first-order valence-corrected chi connectivity index (χ1v) is 29.3. The van der Waals surface area contributed by atoms with Crippen LogP contribution >= 0.6 is 23.5 Å². The number of imidazole rings is 4. The standard InChI is InChI=1S/C40H49N20O22P3/c41-29-17-33(49-5-45-29)57(9-53-17)37-22(63)21(62)14(77-37)2-73-83(67,68)81-27-16(79-39(24(27)65)59-11-55-19-31(43)47-7-51-35(19)59)4-75-85(71,72)82-28-15(78-40(25(28)66)60-12-56-20-32(44)48-8-52-36(20)60)3-74-84(69,70)80-26-13(1-61)76-38(23(26)64)58-10-54-18-30(42)46-6-50-34(18)58/h5-16,21-28,37-40,61-66H,1-4H2,(H,67,68)(H,69,70)(H,71,72)(H2,41,45,49)(H2,42,46,50)(H2,43,47,51)(H2,44,48,52)/t13-,14-,15-,16-,21-,22-,23-,24-,25-,26-,27-,28-,37-,38-,39-,40-/m1/s1. The molecule has 0 amide bonds. The third-order valence-corrected chi connectivity index (χ3v) is 17.0. The van der Waals surface area contributed by atoms with Crippen molar-refractivity contribution in [3.63, 3.8) is 0 Å². The summed E-state index contributed by atoms with van der Waals surface area (Å²) in [5.41, 5.74) is 24.2. The summed E-state index contributed by atoms with van der Waals surface area (Å²) in [5.74, 6) is -0.201. The quantitative estimate of drug-likeness (QED) is 0.0320. The Bertz CT molecular complexity index is 3940. The van der Waals surface area contributed by atoms with Gasteiger partial charge in [0.25, 0.3) is 0 Å². The van der Waals surface area contributed by atoms with E-state index in [1.54, 1.807) is 0 Å². The van der Waals surface area contributed by atoms with Crippen LogP contribution in [0.25, 0.3) is 44.7 Å². The number of hydrogen-bond acceptors (Lipinski definition) is 35. The highest BCUT2D eigenvalue weighted by molar-refractivity contribution is 7.48. The Morgan fingerprint density at radius 3 is 0.988 bits per heavy atom. The van der Waals surface area contributed by atoms with Gasteiger partial charge < -0.3 is 87.2 Å². The van der Waals surface area contributed by atoms with E-state index in [0.29, 0.717) is 0 Å². The smallest absolute Gasteiger partial charge is 0.394 e. The van der Waals surface area contributed by atoms with E-state index < -0.39 is 148 Å². The number of nitrogen functional groups attached to an aromatic ring is 4. The topological polar surface area (TPSA) is 604 Å². The Morgan fingerprint density at radius 1 is 0.400 bits per heavy atom. The minimum Gasteiger partial charge on any atom is -0.394 e. The number of fused-ring (bicyclic) bond motifs is 4. The summed E-state index contributed by atoms with van der Waals surface area (Å²) in [6.07, 6.45) is -19.0. The molecule has 12 rings (SSSR count). The first-order valence-electron chi connectivity index (χ1n) is 24.8. The van der Waals surface area contributed by atoms with Gasteiger partial charge in [0.1, 0.15) is 121 Å². The summed E-state index contributed by atoms with van der Waals surface area (Å²) in [4.78, 5) is 82.1. The fourth-order valence-electron chi connectivity index (χ4n) is 10.0. The Kier molecular flexibility index (Phi) is 15.6. The molecule has 4 fully saturated rings. The molecular formula is C40H49N20O22P3. The summed E-state index contributed by atoms with van der Waals surface area (Å²) in [5, 5.41) is 67.1. The molecule has 0 saturated carbocycles. The number of aliphatic hydroxyl groups is 6. The fourth-order valence-corrected chi connectivity index (χ4v) is 12.9. The number of aromatic nitrogens is 16. The van der Waals surface area contributed by atoms with Crippen molar-refractivity contribution in [2.75, 3.05) is 49.4 Å². The van der Waals surface area contributed by atoms with Crippen molar-refractivity contribution in [3.05, 3.63) is 50.6 Å². The molecule has 8 aromatic heterocycles. The number of nitrogens with zero attached hydrogens (tertiary/aromatic N) is 16. The zero-order valence-corrected chi connectivity index (χ0v) is 45.5. The second-order valence-electron chi connectivity index (χ2n) is 19.2. The van der Waals surface area contributed by atoms with E-state index in [0.717, 1.165) is 47.1 Å². The maximum atomic E-state index is 14.2. The Balaban J connectivity index is 0.764. The zero-order chi connectivity index (χ0) is 60.0. The van der Waals surface area contributed by atoms with E-state index in [1.807, 2.05) is 0 Å². The van der Waals surface area contributed by atoms with Gasteiger partial charge in [-0.3, -0.25) is 45.4 Å². The summed E-state index contributed by atoms with van der Waals surface area (Å²) >= 11 is 0. The minimum absolute atomic E-state index is 0.00280. The predicted molar refractivity (Wildman–Crippen MR) is 274 cm³/mol. The van der Waals surface area contributed by atoms with Gasteiger partial charge in [0.15, 0.2) is 70.8 Å². The molecule has 4 aliphatic heterocycles. The Labute approximate surface area is 471 Å². The molecule has 12 heterocycles. The van der Waals surface area contributed by atoms with Crippen LogP contribution in [0, 0.1) is 0 Å². The van der Waals surface area contributed by atoms with Crippen molar-refractivity contribution in [2.24, 2.45) is 0 Å². The monoisotopic (exact) mass is 1250 g/mol. The van der Waals surface area contributed by atoms with E-state index in [1.165, 1.54) is 21.8 Å². The summed E-state index contributed by atoms with van der Waals surface area (Å²) < 4.78 is 102. The summed E-state index contributed by atoms with van der Waals surface area (Å²) in [6, 6.07) is 0. The number of nitrogens with two attached hydrogens (primary N) is 4. The van der Waals surface area contributed by atoms with Gasteiger partial charge in [-0.1, -0.05) is 0 Å². The summed E-state index contributed by atoms with van der Waals surface area (Å²) in [6.45, 7) is -4.08. The third-order valence-electron chi connectivity index (χ3n) is 14.1. The minimum atomic E-state index is -5.65. The number of phosphoric ester groups is 3. The van der Waals surface area contributed by atoms with Gasteiger partial charge in [-0.2, -0.15) is 0 Å². The van der Waals surface area contributed by atoms with Crippen molar-refractivity contribution in [1.82, 2.24) is 78.1 Å². The van der Waals surface area contributed by atoms with E-state index >= 15 is 0 Å². The molecular weight excluding hydrogens is 1210 g/mol. The predicted octanol–water partition coefficient (Wildman–Crippen LogP) is -4.43. The van der Waals surface area contributed by atoms with Crippen LogP contribution in [-0.2, 0) is 59.8 Å². The molecule has 19 atom stereocenters. The molecule has 0 spiro atoms. The van der Waals surface area contributed by atoms with Crippen LogP contribution in [0.5, 0.6) is 0 Å².